The van der Waals surface area contributed by atoms with Crippen LogP contribution in [0.2, 0.25) is 0 Å². The molecule has 0 saturated carbocycles. The molecule has 1 N–H and O–H groups in total. The monoisotopic (exact) mass is 420 g/mol. The Labute approximate surface area is 183 Å². The number of para-hydroxylation sites is 1. The smallest absolute Gasteiger partial charge is 0.337 e. The van der Waals surface area contributed by atoms with Crippen molar-refractivity contribution in [1.29, 1.82) is 5.26 Å². The maximum Gasteiger partial charge on any atom is 0.337 e. The summed E-state index contributed by atoms with van der Waals surface area (Å²) in [6.07, 6.45) is 0.923. The van der Waals surface area contributed by atoms with E-state index < -0.39 is 0 Å². The molecule has 2 aromatic rings. The summed E-state index contributed by atoms with van der Waals surface area (Å²) in [6.45, 7) is 5.53. The van der Waals surface area contributed by atoms with E-state index in [4.69, 9.17) is 4.74 Å². The van der Waals surface area contributed by atoms with Crippen LogP contribution in [0.4, 0.5) is 5.69 Å². The lowest BCUT2D eigenvalue weighted by Crippen LogP contribution is -2.46. The first-order valence-corrected chi connectivity index (χ1v) is 10.5. The van der Waals surface area contributed by atoms with Gasteiger partial charge in [-0.15, -0.1) is 0 Å². The minimum absolute atomic E-state index is 0.0251. The number of rotatable bonds is 6. The van der Waals surface area contributed by atoms with Gasteiger partial charge in [-0.3, -0.25) is 9.69 Å². The molecule has 0 bridgehead atoms. The third kappa shape index (κ3) is 5.62. The Kier molecular flexibility index (Phi) is 7.63. The molecule has 0 aliphatic carbocycles. The molecule has 1 atom stereocenters. The van der Waals surface area contributed by atoms with Crippen LogP contribution in [0.5, 0.6) is 0 Å². The molecule has 3 rings (SSSR count). The number of methoxy groups -OCH3 is 1. The zero-order chi connectivity index (χ0) is 22.2. The van der Waals surface area contributed by atoms with Gasteiger partial charge in [-0.2, -0.15) is 5.26 Å². The van der Waals surface area contributed by atoms with E-state index in [0.29, 0.717) is 17.7 Å². The second kappa shape index (κ2) is 10.6. The fraction of sp³-hybridized carbons (Fsp3) is 0.375. The molecule has 1 aliphatic rings. The van der Waals surface area contributed by atoms with Crippen molar-refractivity contribution < 1.29 is 14.3 Å². The Balaban J connectivity index is 1.54. The average Bonchev–Trinajstić information content (AvgIpc) is 3.08. The number of esters is 1. The number of carbonyl (C=O) groups is 2. The number of ether oxygens (including phenoxy) is 1. The molecule has 1 unspecified atom stereocenters. The summed E-state index contributed by atoms with van der Waals surface area (Å²) in [7, 11) is 1.35. The highest BCUT2D eigenvalue weighted by Gasteiger charge is 2.24. The standard InChI is InChI=1S/C24H28N4O3/c1-18(23(29)26-17-19-8-10-20(11-9-19)24(30)31-2)27-12-5-13-28(15-14-27)22-7-4-3-6-21(22)16-25/h3-4,6-11,18H,5,12-15,17H2,1-2H3,(H,26,29). The summed E-state index contributed by atoms with van der Waals surface area (Å²) in [5.74, 6) is -0.403. The molecule has 31 heavy (non-hydrogen) atoms. The van der Waals surface area contributed by atoms with Crippen molar-refractivity contribution in [2.24, 2.45) is 0 Å². The van der Waals surface area contributed by atoms with Crippen LogP contribution in [0.15, 0.2) is 48.5 Å². The Morgan fingerprint density at radius 3 is 2.55 bits per heavy atom. The lowest BCUT2D eigenvalue weighted by molar-refractivity contribution is -0.126. The maximum absolute atomic E-state index is 12.7. The van der Waals surface area contributed by atoms with E-state index in [1.54, 1.807) is 12.1 Å². The number of nitrogens with zero attached hydrogens (tertiary/aromatic N) is 3. The molecule has 7 heteroatoms. The molecule has 1 saturated heterocycles. The highest BCUT2D eigenvalue weighted by atomic mass is 16.5. The minimum atomic E-state index is -0.378. The van der Waals surface area contributed by atoms with Crippen LogP contribution in [0.25, 0.3) is 0 Å². The number of nitrogens with one attached hydrogen (secondary N) is 1. The Hall–Kier alpha value is -3.37. The Morgan fingerprint density at radius 2 is 1.84 bits per heavy atom. The van der Waals surface area contributed by atoms with Crippen LogP contribution in [-0.2, 0) is 16.1 Å². The van der Waals surface area contributed by atoms with Crippen molar-refractivity contribution in [3.05, 3.63) is 65.2 Å². The van der Waals surface area contributed by atoms with Gasteiger partial charge in [-0.25, -0.2) is 4.79 Å². The zero-order valence-corrected chi connectivity index (χ0v) is 18.0. The van der Waals surface area contributed by atoms with Gasteiger partial charge in [0.05, 0.1) is 30.0 Å². The van der Waals surface area contributed by atoms with E-state index in [0.717, 1.165) is 43.9 Å². The molecule has 0 aromatic heterocycles. The molecular formula is C24H28N4O3. The van der Waals surface area contributed by atoms with Crippen molar-refractivity contribution in [3.8, 4) is 6.07 Å². The van der Waals surface area contributed by atoms with Crippen LogP contribution < -0.4 is 10.2 Å². The van der Waals surface area contributed by atoms with E-state index >= 15 is 0 Å². The third-order valence-corrected chi connectivity index (χ3v) is 5.66. The van der Waals surface area contributed by atoms with Crippen LogP contribution in [0.3, 0.4) is 0 Å². The molecule has 0 spiro atoms. The predicted molar refractivity (Wildman–Crippen MR) is 119 cm³/mol. The molecule has 162 valence electrons. The van der Waals surface area contributed by atoms with Crippen molar-refractivity contribution in [3.63, 3.8) is 0 Å². The summed E-state index contributed by atoms with van der Waals surface area (Å²) in [5, 5.41) is 12.4. The number of benzene rings is 2. The highest BCUT2D eigenvalue weighted by Crippen LogP contribution is 2.21. The van der Waals surface area contributed by atoms with Crippen LogP contribution >= 0.6 is 0 Å². The Morgan fingerprint density at radius 1 is 1.10 bits per heavy atom. The van der Waals surface area contributed by atoms with E-state index in [-0.39, 0.29) is 17.9 Å². The van der Waals surface area contributed by atoms with Gasteiger partial charge in [0.1, 0.15) is 6.07 Å². The van der Waals surface area contributed by atoms with Crippen LogP contribution in [0, 0.1) is 11.3 Å². The van der Waals surface area contributed by atoms with Crippen molar-refractivity contribution in [2.45, 2.75) is 25.9 Å². The minimum Gasteiger partial charge on any atom is -0.465 e. The van der Waals surface area contributed by atoms with Gasteiger partial charge < -0.3 is 15.0 Å². The van der Waals surface area contributed by atoms with Gasteiger partial charge in [0.25, 0.3) is 0 Å². The van der Waals surface area contributed by atoms with Crippen molar-refractivity contribution in [1.82, 2.24) is 10.2 Å². The van der Waals surface area contributed by atoms with E-state index in [1.807, 2.05) is 43.3 Å². The highest BCUT2D eigenvalue weighted by molar-refractivity contribution is 5.89. The Bertz CT molecular complexity index is 952. The average molecular weight is 421 g/mol. The molecule has 1 heterocycles. The summed E-state index contributed by atoms with van der Waals surface area (Å²) in [5.41, 5.74) is 3.04. The fourth-order valence-electron chi connectivity index (χ4n) is 3.79. The summed E-state index contributed by atoms with van der Waals surface area (Å²) >= 11 is 0. The first kappa shape index (κ1) is 22.3. The first-order chi connectivity index (χ1) is 15.0. The van der Waals surface area contributed by atoms with Gasteiger partial charge in [0, 0.05) is 32.7 Å². The number of nitriles is 1. The van der Waals surface area contributed by atoms with E-state index in [1.165, 1.54) is 7.11 Å². The quantitative estimate of drug-likeness (QED) is 0.723. The van der Waals surface area contributed by atoms with Crippen LogP contribution in [0.1, 0.15) is 34.8 Å². The number of anilines is 1. The van der Waals surface area contributed by atoms with Gasteiger partial charge >= 0.3 is 5.97 Å². The number of hydrogen-bond donors (Lipinski definition) is 1. The first-order valence-electron chi connectivity index (χ1n) is 10.5. The largest absolute Gasteiger partial charge is 0.465 e. The van der Waals surface area contributed by atoms with Gasteiger partial charge in [0.2, 0.25) is 5.91 Å². The van der Waals surface area contributed by atoms with Crippen molar-refractivity contribution >= 4 is 17.6 Å². The number of amides is 1. The van der Waals surface area contributed by atoms with E-state index in [9.17, 15) is 14.9 Å². The second-order valence-electron chi connectivity index (χ2n) is 7.59. The predicted octanol–water partition coefficient (Wildman–Crippen LogP) is 2.56. The topological polar surface area (TPSA) is 85.7 Å². The van der Waals surface area contributed by atoms with E-state index in [2.05, 4.69) is 21.2 Å². The lowest BCUT2D eigenvalue weighted by atomic mass is 10.1. The molecule has 1 fully saturated rings. The zero-order valence-electron chi connectivity index (χ0n) is 18.0. The summed E-state index contributed by atoms with van der Waals surface area (Å²) in [4.78, 5) is 28.6. The van der Waals surface area contributed by atoms with Crippen molar-refractivity contribution in [2.75, 3.05) is 38.2 Å². The van der Waals surface area contributed by atoms with Gasteiger partial charge in [0.15, 0.2) is 0 Å². The number of hydrogen-bond acceptors (Lipinski definition) is 6. The summed E-state index contributed by atoms with van der Waals surface area (Å²) < 4.78 is 4.70. The van der Waals surface area contributed by atoms with Crippen LogP contribution in [-0.4, -0.2) is 56.1 Å². The number of carbonyl (C=O) groups excluding carboxylic acids is 2. The fourth-order valence-corrected chi connectivity index (χ4v) is 3.79. The normalized spacial score (nSPS) is 15.5. The molecule has 2 aromatic carbocycles. The van der Waals surface area contributed by atoms with Gasteiger partial charge in [-0.05, 0) is 43.2 Å². The molecule has 1 amide bonds. The third-order valence-electron chi connectivity index (χ3n) is 5.66. The molecular weight excluding hydrogens is 392 g/mol. The molecule has 7 nitrogen and oxygen atoms in total. The molecule has 1 aliphatic heterocycles. The van der Waals surface area contributed by atoms with Gasteiger partial charge in [-0.1, -0.05) is 24.3 Å². The molecule has 0 radical (unpaired) electrons. The second-order valence-corrected chi connectivity index (χ2v) is 7.59. The lowest BCUT2D eigenvalue weighted by Gasteiger charge is -2.27. The maximum atomic E-state index is 12.7. The summed E-state index contributed by atoms with van der Waals surface area (Å²) in [6, 6.07) is 16.7. The SMILES string of the molecule is COC(=O)c1ccc(CNC(=O)C(C)N2CCCN(c3ccccc3C#N)CC2)cc1.